The SMILES string of the molecule is CC1Cc2cc(C(=O)N3CCCc4c(N)cccc43)ccc2N1S(C)(=O)=O.Cl. The molecule has 0 aromatic heterocycles. The van der Waals surface area contributed by atoms with Crippen molar-refractivity contribution in [2.24, 2.45) is 0 Å². The topological polar surface area (TPSA) is 83.7 Å². The second-order valence-corrected chi connectivity index (χ2v) is 9.22. The maximum atomic E-state index is 13.2. The fourth-order valence-electron chi connectivity index (χ4n) is 4.26. The highest BCUT2D eigenvalue weighted by Gasteiger charge is 2.33. The van der Waals surface area contributed by atoms with Crippen LogP contribution in [0.5, 0.6) is 0 Å². The van der Waals surface area contributed by atoms with Crippen molar-refractivity contribution in [2.75, 3.05) is 27.7 Å². The Labute approximate surface area is 171 Å². The Balaban J connectivity index is 0.00000225. The third kappa shape index (κ3) is 3.33. The van der Waals surface area contributed by atoms with Crippen molar-refractivity contribution in [2.45, 2.75) is 32.2 Å². The van der Waals surface area contributed by atoms with Gasteiger partial charge >= 0.3 is 0 Å². The van der Waals surface area contributed by atoms with Gasteiger partial charge in [-0.2, -0.15) is 0 Å². The molecule has 1 amide bonds. The molecule has 2 heterocycles. The third-order valence-electron chi connectivity index (χ3n) is 5.37. The van der Waals surface area contributed by atoms with Crippen molar-refractivity contribution < 1.29 is 13.2 Å². The molecule has 0 saturated carbocycles. The number of anilines is 3. The van der Waals surface area contributed by atoms with Gasteiger partial charge < -0.3 is 10.6 Å². The molecule has 2 aliphatic heterocycles. The van der Waals surface area contributed by atoms with Gasteiger partial charge in [-0.15, -0.1) is 12.4 Å². The van der Waals surface area contributed by atoms with E-state index in [0.717, 1.165) is 35.3 Å². The molecule has 4 rings (SSSR count). The Morgan fingerprint density at radius 1 is 1.18 bits per heavy atom. The van der Waals surface area contributed by atoms with Crippen LogP contribution >= 0.6 is 12.4 Å². The molecule has 2 aromatic carbocycles. The zero-order valence-electron chi connectivity index (χ0n) is 15.9. The Bertz CT molecular complexity index is 1040. The molecule has 6 nitrogen and oxygen atoms in total. The van der Waals surface area contributed by atoms with Gasteiger partial charge in [0.1, 0.15) is 0 Å². The molecule has 0 radical (unpaired) electrons. The molecular formula is C20H24ClN3O3S. The molecule has 1 unspecified atom stereocenters. The van der Waals surface area contributed by atoms with Gasteiger partial charge in [0.05, 0.1) is 11.9 Å². The van der Waals surface area contributed by atoms with Gasteiger partial charge in [0.25, 0.3) is 5.91 Å². The van der Waals surface area contributed by atoms with Crippen molar-refractivity contribution in [3.63, 3.8) is 0 Å². The summed E-state index contributed by atoms with van der Waals surface area (Å²) in [6, 6.07) is 10.8. The van der Waals surface area contributed by atoms with Gasteiger partial charge in [-0.05, 0) is 67.6 Å². The van der Waals surface area contributed by atoms with Crippen LogP contribution in [0.25, 0.3) is 0 Å². The first-order chi connectivity index (χ1) is 12.8. The summed E-state index contributed by atoms with van der Waals surface area (Å²) in [6.45, 7) is 2.53. The number of nitrogens with two attached hydrogens (primary N) is 1. The van der Waals surface area contributed by atoms with E-state index in [4.69, 9.17) is 5.73 Å². The van der Waals surface area contributed by atoms with Gasteiger partial charge in [-0.25, -0.2) is 8.42 Å². The van der Waals surface area contributed by atoms with Crippen molar-refractivity contribution >= 4 is 45.4 Å². The lowest BCUT2D eigenvalue weighted by molar-refractivity contribution is 0.0985. The lowest BCUT2D eigenvalue weighted by atomic mass is 9.98. The quantitative estimate of drug-likeness (QED) is 0.755. The molecule has 0 spiro atoms. The van der Waals surface area contributed by atoms with Crippen LogP contribution in [0.15, 0.2) is 36.4 Å². The lowest BCUT2D eigenvalue weighted by Gasteiger charge is -2.30. The van der Waals surface area contributed by atoms with Crippen LogP contribution in [0.3, 0.4) is 0 Å². The lowest BCUT2D eigenvalue weighted by Crippen LogP contribution is -2.36. The normalized spacial score (nSPS) is 18.3. The number of hydrogen-bond acceptors (Lipinski definition) is 4. The Kier molecular flexibility index (Phi) is 5.34. The summed E-state index contributed by atoms with van der Waals surface area (Å²) >= 11 is 0. The largest absolute Gasteiger partial charge is 0.398 e. The number of sulfonamides is 1. The van der Waals surface area contributed by atoms with E-state index in [1.165, 1.54) is 10.6 Å². The summed E-state index contributed by atoms with van der Waals surface area (Å²) in [7, 11) is -3.34. The number of rotatable bonds is 2. The first-order valence-electron chi connectivity index (χ1n) is 9.09. The molecule has 0 aliphatic carbocycles. The highest BCUT2D eigenvalue weighted by atomic mass is 35.5. The van der Waals surface area contributed by atoms with Crippen LogP contribution in [0, 0.1) is 0 Å². The molecular weight excluding hydrogens is 398 g/mol. The van der Waals surface area contributed by atoms with Crippen molar-refractivity contribution in [1.29, 1.82) is 0 Å². The zero-order valence-corrected chi connectivity index (χ0v) is 17.5. The second-order valence-electron chi connectivity index (χ2n) is 7.36. The number of carbonyl (C=O) groups is 1. The highest BCUT2D eigenvalue weighted by Crippen LogP contribution is 2.36. The van der Waals surface area contributed by atoms with Crippen LogP contribution in [0.4, 0.5) is 17.1 Å². The van der Waals surface area contributed by atoms with E-state index in [2.05, 4.69) is 0 Å². The van der Waals surface area contributed by atoms with Crippen LogP contribution in [-0.4, -0.2) is 33.2 Å². The molecule has 8 heteroatoms. The number of benzene rings is 2. The fourth-order valence-corrected chi connectivity index (χ4v) is 5.52. The van der Waals surface area contributed by atoms with Crippen molar-refractivity contribution in [1.82, 2.24) is 0 Å². The first kappa shape index (κ1) is 20.5. The zero-order chi connectivity index (χ0) is 19.3. The van der Waals surface area contributed by atoms with E-state index in [1.54, 1.807) is 17.0 Å². The Morgan fingerprint density at radius 3 is 2.64 bits per heavy atom. The number of fused-ring (bicyclic) bond motifs is 2. The smallest absolute Gasteiger partial charge is 0.258 e. The van der Waals surface area contributed by atoms with E-state index in [0.29, 0.717) is 24.2 Å². The van der Waals surface area contributed by atoms with Gasteiger partial charge in [0.2, 0.25) is 10.0 Å². The molecule has 0 bridgehead atoms. The fraction of sp³-hybridized carbons (Fsp3) is 0.350. The second kappa shape index (κ2) is 7.29. The molecule has 0 saturated heterocycles. The minimum Gasteiger partial charge on any atom is -0.398 e. The number of nitrogens with zero attached hydrogens (tertiary/aromatic N) is 2. The molecule has 0 fully saturated rings. The van der Waals surface area contributed by atoms with E-state index >= 15 is 0 Å². The Hall–Kier alpha value is -2.25. The highest BCUT2D eigenvalue weighted by molar-refractivity contribution is 7.92. The maximum Gasteiger partial charge on any atom is 0.258 e. The minimum absolute atomic E-state index is 0. The van der Waals surface area contributed by atoms with Crippen molar-refractivity contribution in [3.8, 4) is 0 Å². The Morgan fingerprint density at radius 2 is 1.93 bits per heavy atom. The van der Waals surface area contributed by atoms with Crippen LogP contribution in [0.1, 0.15) is 34.8 Å². The van der Waals surface area contributed by atoms with Gasteiger partial charge in [0, 0.05) is 29.5 Å². The summed E-state index contributed by atoms with van der Waals surface area (Å²) in [4.78, 5) is 15.0. The molecule has 2 aromatic rings. The number of amides is 1. The van der Waals surface area contributed by atoms with E-state index in [9.17, 15) is 13.2 Å². The molecule has 2 aliphatic rings. The number of halogens is 1. The van der Waals surface area contributed by atoms with E-state index in [-0.39, 0.29) is 24.4 Å². The third-order valence-corrected chi connectivity index (χ3v) is 6.64. The predicted octanol–water partition coefficient (Wildman–Crippen LogP) is 2.99. The number of carbonyl (C=O) groups excluding carboxylic acids is 1. The minimum atomic E-state index is -3.34. The summed E-state index contributed by atoms with van der Waals surface area (Å²) in [6.07, 6.45) is 3.56. The number of hydrogen-bond donors (Lipinski definition) is 1. The maximum absolute atomic E-state index is 13.2. The van der Waals surface area contributed by atoms with E-state index < -0.39 is 10.0 Å². The molecule has 2 N–H and O–H groups in total. The van der Waals surface area contributed by atoms with Gasteiger partial charge in [-0.3, -0.25) is 9.10 Å². The summed E-state index contributed by atoms with van der Waals surface area (Å²) in [5.41, 5.74) is 10.8. The average Bonchev–Trinajstić information content (AvgIpc) is 2.96. The van der Waals surface area contributed by atoms with Crippen LogP contribution < -0.4 is 14.9 Å². The molecule has 1 atom stereocenters. The van der Waals surface area contributed by atoms with Crippen LogP contribution in [-0.2, 0) is 22.9 Å². The molecule has 150 valence electrons. The van der Waals surface area contributed by atoms with Gasteiger partial charge in [-0.1, -0.05) is 6.07 Å². The van der Waals surface area contributed by atoms with Crippen LogP contribution in [0.2, 0.25) is 0 Å². The average molecular weight is 422 g/mol. The summed E-state index contributed by atoms with van der Waals surface area (Å²) in [5.74, 6) is -0.0743. The number of nitrogen functional groups attached to an aromatic ring is 1. The molecule has 28 heavy (non-hydrogen) atoms. The summed E-state index contributed by atoms with van der Waals surface area (Å²) < 4.78 is 25.6. The standard InChI is InChI=1S/C20H23N3O3S.ClH/c1-13-11-15-12-14(8-9-18(15)23(13)27(2,25)26)20(24)22-10-4-5-16-17(21)6-3-7-19(16)22;/h3,6-9,12-13H,4-5,10-11,21H2,1-2H3;1H. The first-order valence-corrected chi connectivity index (χ1v) is 10.9. The predicted molar refractivity (Wildman–Crippen MR) is 115 cm³/mol. The summed E-state index contributed by atoms with van der Waals surface area (Å²) in [5, 5.41) is 0. The van der Waals surface area contributed by atoms with Crippen molar-refractivity contribution in [3.05, 3.63) is 53.1 Å². The monoisotopic (exact) mass is 421 g/mol. The van der Waals surface area contributed by atoms with Gasteiger partial charge in [0.15, 0.2) is 0 Å². The van der Waals surface area contributed by atoms with E-state index in [1.807, 2.05) is 31.2 Å².